The quantitative estimate of drug-likeness (QED) is 0.389. The van der Waals surface area contributed by atoms with Gasteiger partial charge < -0.3 is 30.5 Å². The van der Waals surface area contributed by atoms with Crippen LogP contribution < -0.4 is 16.0 Å². The molecule has 3 aliphatic rings. The summed E-state index contributed by atoms with van der Waals surface area (Å²) in [4.78, 5) is 57.4. The lowest BCUT2D eigenvalue weighted by Gasteiger charge is -2.38. The Labute approximate surface area is 250 Å². The Kier molecular flexibility index (Phi) is 11.2. The second-order valence-electron chi connectivity index (χ2n) is 12.1. The monoisotopic (exact) mass is 583 g/mol. The number of hydrogen-bond acceptors (Lipinski definition) is 6. The van der Waals surface area contributed by atoms with E-state index in [4.69, 9.17) is 4.74 Å². The van der Waals surface area contributed by atoms with Gasteiger partial charge in [-0.25, -0.2) is 4.79 Å². The van der Waals surface area contributed by atoms with Crippen LogP contribution in [-0.2, 0) is 25.5 Å². The van der Waals surface area contributed by atoms with Gasteiger partial charge in [0, 0.05) is 19.6 Å². The summed E-state index contributed by atoms with van der Waals surface area (Å²) < 4.78 is 5.03. The summed E-state index contributed by atoms with van der Waals surface area (Å²) in [6.07, 6.45) is 7.90. The van der Waals surface area contributed by atoms with Crippen LogP contribution in [-0.4, -0.2) is 85.5 Å². The number of likely N-dealkylation sites (N-methyl/N-ethyl adjacent to an activating group) is 1. The third-order valence-corrected chi connectivity index (χ3v) is 9.40. The lowest BCUT2D eigenvalue weighted by Crippen LogP contribution is -2.59. The molecule has 1 saturated carbocycles. The van der Waals surface area contributed by atoms with E-state index in [1.54, 1.807) is 18.9 Å². The van der Waals surface area contributed by atoms with Crippen molar-refractivity contribution in [2.24, 2.45) is 11.8 Å². The average molecular weight is 584 g/mol. The predicted molar refractivity (Wildman–Crippen MR) is 161 cm³/mol. The van der Waals surface area contributed by atoms with Gasteiger partial charge in [0.15, 0.2) is 0 Å². The molecule has 4 amide bonds. The van der Waals surface area contributed by atoms with E-state index >= 15 is 0 Å². The van der Waals surface area contributed by atoms with Gasteiger partial charge >= 0.3 is 6.09 Å². The summed E-state index contributed by atoms with van der Waals surface area (Å²) in [6.45, 7) is 4.57. The Hall–Kier alpha value is -3.14. The number of ether oxygens (including phenoxy) is 1. The van der Waals surface area contributed by atoms with Gasteiger partial charge in [-0.15, -0.1) is 0 Å². The first-order valence-corrected chi connectivity index (χ1v) is 15.8. The maximum Gasteiger partial charge on any atom is 0.409 e. The highest BCUT2D eigenvalue weighted by atomic mass is 16.5. The molecule has 1 aromatic rings. The van der Waals surface area contributed by atoms with Crippen LogP contribution in [0.1, 0.15) is 82.4 Å². The fourth-order valence-electron chi connectivity index (χ4n) is 6.94. The van der Waals surface area contributed by atoms with E-state index in [-0.39, 0.29) is 42.8 Å². The van der Waals surface area contributed by atoms with Crippen LogP contribution >= 0.6 is 0 Å². The van der Waals surface area contributed by atoms with Gasteiger partial charge in [0.05, 0.1) is 31.2 Å². The lowest BCUT2D eigenvalue weighted by atomic mass is 9.82. The number of fused-ring (bicyclic) bond motifs is 1. The highest BCUT2D eigenvalue weighted by Gasteiger charge is 2.47. The Morgan fingerprint density at radius 3 is 2.48 bits per heavy atom. The van der Waals surface area contributed by atoms with Gasteiger partial charge in [-0.1, -0.05) is 50.5 Å². The summed E-state index contributed by atoms with van der Waals surface area (Å²) in [5.41, 5.74) is 2.38. The van der Waals surface area contributed by atoms with Gasteiger partial charge in [0.25, 0.3) is 0 Å². The Morgan fingerprint density at radius 2 is 1.79 bits per heavy atom. The van der Waals surface area contributed by atoms with Crippen LogP contribution in [0.2, 0.25) is 0 Å². The van der Waals surface area contributed by atoms with Gasteiger partial charge in [0.1, 0.15) is 6.04 Å². The average Bonchev–Trinajstić information content (AvgIpc) is 3.47. The molecule has 2 aliphatic carbocycles. The molecular weight excluding hydrogens is 534 g/mol. The number of carbonyl (C=O) groups excluding carboxylic acids is 4. The first-order chi connectivity index (χ1) is 20.3. The zero-order valence-electron chi connectivity index (χ0n) is 25.7. The van der Waals surface area contributed by atoms with E-state index in [1.165, 1.54) is 17.6 Å². The number of nitrogens with one attached hydrogen (secondary N) is 3. The zero-order valence-corrected chi connectivity index (χ0v) is 25.7. The number of nitrogens with zero attached hydrogens (tertiary/aromatic N) is 2. The number of hydrogen-bond donors (Lipinski definition) is 3. The molecule has 5 unspecified atom stereocenters. The molecule has 1 heterocycles. The molecule has 1 saturated heterocycles. The summed E-state index contributed by atoms with van der Waals surface area (Å²) >= 11 is 0. The molecule has 5 atom stereocenters. The summed E-state index contributed by atoms with van der Waals surface area (Å²) in [6, 6.07) is 6.45. The molecule has 3 N–H and O–H groups in total. The summed E-state index contributed by atoms with van der Waals surface area (Å²) in [7, 11) is 3.05. The van der Waals surface area contributed by atoms with Gasteiger partial charge in [-0.3, -0.25) is 14.4 Å². The number of carbonyl (C=O) groups is 4. The number of benzene rings is 1. The van der Waals surface area contributed by atoms with Crippen molar-refractivity contribution in [1.82, 2.24) is 25.8 Å². The smallest absolute Gasteiger partial charge is 0.409 e. The molecule has 1 aliphatic heterocycles. The standard InChI is InChI=1S/C32H49N5O5/c1-5-18-37(31(40)28(23-13-7-6-8-14-23)35-29(38)21(2)33-3)27-20-36(32(41)42-4)19-25(27)30(39)34-26-17-11-15-22-12-9-10-16-24(22)26/h9-10,12,16,21,23,25-28,33H,5-8,11,13-15,17-20H2,1-4H3,(H,34,39)(H,35,38). The molecule has 0 spiro atoms. The number of likely N-dealkylation sites (tertiary alicyclic amines) is 1. The van der Waals surface area contributed by atoms with Crippen molar-refractivity contribution in [3.8, 4) is 0 Å². The van der Waals surface area contributed by atoms with E-state index < -0.39 is 30.1 Å². The number of aryl methyl sites for hydroxylation is 1. The third-order valence-electron chi connectivity index (χ3n) is 9.40. The van der Waals surface area contributed by atoms with E-state index in [0.29, 0.717) is 13.0 Å². The normalized spacial score (nSPS) is 23.8. The maximum atomic E-state index is 14.5. The molecule has 0 bridgehead atoms. The number of rotatable bonds is 10. The molecule has 10 heteroatoms. The van der Waals surface area contributed by atoms with Crippen molar-refractivity contribution in [3.63, 3.8) is 0 Å². The number of amides is 4. The Balaban J connectivity index is 1.62. The van der Waals surface area contributed by atoms with Crippen LogP contribution in [0.25, 0.3) is 0 Å². The van der Waals surface area contributed by atoms with Gasteiger partial charge in [-0.2, -0.15) is 0 Å². The molecule has 0 radical (unpaired) electrons. The summed E-state index contributed by atoms with van der Waals surface area (Å²) in [5, 5.41) is 9.31. The van der Waals surface area contributed by atoms with Crippen LogP contribution in [0.3, 0.4) is 0 Å². The van der Waals surface area contributed by atoms with Crippen LogP contribution in [0.15, 0.2) is 24.3 Å². The molecule has 4 rings (SSSR count). The lowest BCUT2D eigenvalue weighted by molar-refractivity contribution is -0.142. The van der Waals surface area contributed by atoms with Crippen LogP contribution in [0, 0.1) is 11.8 Å². The highest BCUT2D eigenvalue weighted by molar-refractivity contribution is 5.91. The Morgan fingerprint density at radius 1 is 1.05 bits per heavy atom. The fraction of sp³-hybridized carbons (Fsp3) is 0.688. The second kappa shape index (κ2) is 14.8. The van der Waals surface area contributed by atoms with Gasteiger partial charge in [-0.05, 0) is 69.5 Å². The van der Waals surface area contributed by atoms with Crippen molar-refractivity contribution in [2.45, 2.75) is 95.8 Å². The maximum absolute atomic E-state index is 14.5. The minimum atomic E-state index is -0.679. The fourth-order valence-corrected chi connectivity index (χ4v) is 6.94. The first-order valence-electron chi connectivity index (χ1n) is 15.8. The predicted octanol–water partition coefficient (Wildman–Crippen LogP) is 3.16. The minimum absolute atomic E-state index is 0.0303. The molecule has 2 fully saturated rings. The van der Waals surface area contributed by atoms with E-state index in [2.05, 4.69) is 28.1 Å². The van der Waals surface area contributed by atoms with Crippen molar-refractivity contribution >= 4 is 23.8 Å². The highest BCUT2D eigenvalue weighted by Crippen LogP contribution is 2.33. The molecule has 42 heavy (non-hydrogen) atoms. The molecule has 0 aromatic heterocycles. The first kappa shape index (κ1) is 31.8. The molecule has 232 valence electrons. The third kappa shape index (κ3) is 7.25. The largest absolute Gasteiger partial charge is 0.453 e. The number of methoxy groups -OCH3 is 1. The van der Waals surface area contributed by atoms with Crippen LogP contribution in [0.4, 0.5) is 4.79 Å². The summed E-state index contributed by atoms with van der Waals surface area (Å²) in [5.74, 6) is -1.14. The Bertz CT molecular complexity index is 1110. The second-order valence-corrected chi connectivity index (χ2v) is 12.1. The van der Waals surface area contributed by atoms with Crippen molar-refractivity contribution in [2.75, 3.05) is 33.8 Å². The van der Waals surface area contributed by atoms with Crippen molar-refractivity contribution in [3.05, 3.63) is 35.4 Å². The topological polar surface area (TPSA) is 120 Å². The molecule has 1 aromatic carbocycles. The molecule has 10 nitrogen and oxygen atoms in total. The molecular formula is C32H49N5O5. The van der Waals surface area contributed by atoms with Crippen molar-refractivity contribution < 1.29 is 23.9 Å². The zero-order chi connectivity index (χ0) is 30.2. The van der Waals surface area contributed by atoms with Crippen LogP contribution in [0.5, 0.6) is 0 Å². The minimum Gasteiger partial charge on any atom is -0.453 e. The van der Waals surface area contributed by atoms with Gasteiger partial charge in [0.2, 0.25) is 17.7 Å². The van der Waals surface area contributed by atoms with E-state index in [9.17, 15) is 19.2 Å². The van der Waals surface area contributed by atoms with E-state index in [0.717, 1.165) is 56.9 Å². The van der Waals surface area contributed by atoms with E-state index in [1.807, 2.05) is 19.1 Å². The van der Waals surface area contributed by atoms with Crippen molar-refractivity contribution in [1.29, 1.82) is 0 Å². The SMILES string of the molecule is CCCN(C(=O)C(NC(=O)C(C)NC)C1CCCCC1)C1CN(C(=O)OC)CC1C(=O)NC1CCCc2ccccc21.